The van der Waals surface area contributed by atoms with E-state index in [9.17, 15) is 15.2 Å². The standard InChI is InChI=1S/C13H18N2O4/c1-19-12-4-3-10(7-11(12)15(17)18)8-14-13(9-16)5-2-6-13/h3-4,7,14,16H,2,5-6,8-9H2,1H3. The summed E-state index contributed by atoms with van der Waals surface area (Å²) < 4.78 is 4.96. The summed E-state index contributed by atoms with van der Waals surface area (Å²) in [5.74, 6) is 0.259. The van der Waals surface area contributed by atoms with Crippen LogP contribution in [0.5, 0.6) is 5.75 Å². The first kappa shape index (κ1) is 13.8. The summed E-state index contributed by atoms with van der Waals surface area (Å²) in [6, 6.07) is 4.90. The van der Waals surface area contributed by atoms with Crippen molar-refractivity contribution in [2.45, 2.75) is 31.3 Å². The number of hydrogen-bond acceptors (Lipinski definition) is 5. The van der Waals surface area contributed by atoms with Gasteiger partial charge in [-0.15, -0.1) is 0 Å². The van der Waals surface area contributed by atoms with E-state index in [0.29, 0.717) is 6.54 Å². The summed E-state index contributed by atoms with van der Waals surface area (Å²) >= 11 is 0. The minimum Gasteiger partial charge on any atom is -0.490 e. The fourth-order valence-corrected chi connectivity index (χ4v) is 2.27. The van der Waals surface area contributed by atoms with Crippen molar-refractivity contribution in [2.24, 2.45) is 0 Å². The van der Waals surface area contributed by atoms with Crippen molar-refractivity contribution >= 4 is 5.69 Å². The van der Waals surface area contributed by atoms with E-state index in [1.165, 1.54) is 13.2 Å². The number of hydrogen-bond donors (Lipinski definition) is 2. The molecule has 0 aliphatic heterocycles. The number of ether oxygens (including phenoxy) is 1. The highest BCUT2D eigenvalue weighted by atomic mass is 16.6. The molecule has 0 saturated heterocycles. The van der Waals surface area contributed by atoms with Crippen molar-refractivity contribution in [3.8, 4) is 5.75 Å². The van der Waals surface area contributed by atoms with Crippen molar-refractivity contribution in [1.29, 1.82) is 0 Å². The Morgan fingerprint density at radius 3 is 2.74 bits per heavy atom. The van der Waals surface area contributed by atoms with Crippen molar-refractivity contribution in [3.05, 3.63) is 33.9 Å². The van der Waals surface area contributed by atoms with Crippen LogP contribution in [-0.2, 0) is 6.54 Å². The van der Waals surface area contributed by atoms with Gasteiger partial charge in [-0.2, -0.15) is 0 Å². The quantitative estimate of drug-likeness (QED) is 0.603. The molecule has 19 heavy (non-hydrogen) atoms. The predicted octanol–water partition coefficient (Wildman–Crippen LogP) is 1.61. The Morgan fingerprint density at radius 2 is 2.26 bits per heavy atom. The highest BCUT2D eigenvalue weighted by molar-refractivity contribution is 5.48. The van der Waals surface area contributed by atoms with Crippen LogP contribution in [0.3, 0.4) is 0 Å². The lowest BCUT2D eigenvalue weighted by Crippen LogP contribution is -2.53. The van der Waals surface area contributed by atoms with Crippen molar-refractivity contribution < 1.29 is 14.8 Å². The molecule has 1 fully saturated rings. The average molecular weight is 266 g/mol. The molecule has 0 unspecified atom stereocenters. The number of rotatable bonds is 6. The lowest BCUT2D eigenvalue weighted by atomic mass is 9.77. The smallest absolute Gasteiger partial charge is 0.311 e. The van der Waals surface area contributed by atoms with E-state index in [1.807, 2.05) is 0 Å². The Bertz CT molecular complexity index is 466. The summed E-state index contributed by atoms with van der Waals surface area (Å²) in [5, 5.41) is 23.6. The van der Waals surface area contributed by atoms with Gasteiger partial charge in [0.15, 0.2) is 5.75 Å². The summed E-state index contributed by atoms with van der Waals surface area (Å²) in [7, 11) is 1.41. The van der Waals surface area contributed by atoms with Gasteiger partial charge in [0.1, 0.15) is 0 Å². The van der Waals surface area contributed by atoms with E-state index in [1.54, 1.807) is 12.1 Å². The van der Waals surface area contributed by atoms with Gasteiger partial charge in [-0.25, -0.2) is 0 Å². The van der Waals surface area contributed by atoms with Gasteiger partial charge in [0, 0.05) is 18.2 Å². The van der Waals surface area contributed by atoms with Crippen molar-refractivity contribution in [2.75, 3.05) is 13.7 Å². The molecule has 104 valence electrons. The fraction of sp³-hybridized carbons (Fsp3) is 0.538. The maximum Gasteiger partial charge on any atom is 0.311 e. The van der Waals surface area contributed by atoms with Gasteiger partial charge in [-0.3, -0.25) is 10.1 Å². The van der Waals surface area contributed by atoms with Crippen molar-refractivity contribution in [3.63, 3.8) is 0 Å². The third-order valence-electron chi connectivity index (χ3n) is 3.72. The molecule has 0 spiro atoms. The Labute approximate surface area is 111 Å². The second-order valence-electron chi connectivity index (χ2n) is 4.91. The van der Waals surface area contributed by atoms with E-state index in [-0.39, 0.29) is 23.6 Å². The number of benzene rings is 1. The highest BCUT2D eigenvalue weighted by Gasteiger charge is 2.35. The van der Waals surface area contributed by atoms with E-state index < -0.39 is 4.92 Å². The fourth-order valence-electron chi connectivity index (χ4n) is 2.27. The number of nitrogens with one attached hydrogen (secondary N) is 1. The first-order valence-electron chi connectivity index (χ1n) is 6.27. The maximum absolute atomic E-state index is 10.9. The largest absolute Gasteiger partial charge is 0.490 e. The summed E-state index contributed by atoms with van der Waals surface area (Å²) in [4.78, 5) is 10.5. The first-order chi connectivity index (χ1) is 9.10. The van der Waals surface area contributed by atoms with Gasteiger partial charge in [0.25, 0.3) is 0 Å². The van der Waals surface area contributed by atoms with Crippen LogP contribution in [0.1, 0.15) is 24.8 Å². The SMILES string of the molecule is COc1ccc(CNC2(CO)CCC2)cc1[N+](=O)[O-]. The molecular weight excluding hydrogens is 248 g/mol. The molecule has 1 aromatic carbocycles. The number of aliphatic hydroxyl groups excluding tert-OH is 1. The Kier molecular flexibility index (Phi) is 4.01. The molecule has 0 heterocycles. The van der Waals surface area contributed by atoms with Gasteiger partial charge in [0.05, 0.1) is 18.6 Å². The minimum absolute atomic E-state index is 0.0338. The van der Waals surface area contributed by atoms with Crippen LogP contribution in [-0.4, -0.2) is 29.3 Å². The lowest BCUT2D eigenvalue weighted by molar-refractivity contribution is -0.385. The summed E-state index contributed by atoms with van der Waals surface area (Å²) in [6.07, 6.45) is 3.00. The van der Waals surface area contributed by atoms with Crippen LogP contribution in [0.15, 0.2) is 18.2 Å². The Balaban J connectivity index is 2.08. The number of nitro benzene ring substituents is 1. The Hall–Kier alpha value is -1.66. The summed E-state index contributed by atoms with van der Waals surface area (Å²) in [5.41, 5.74) is 0.579. The number of nitro groups is 1. The normalized spacial score (nSPS) is 16.7. The summed E-state index contributed by atoms with van der Waals surface area (Å²) in [6.45, 7) is 0.608. The van der Waals surface area contributed by atoms with Crippen LogP contribution in [0.2, 0.25) is 0 Å². The van der Waals surface area contributed by atoms with Crippen LogP contribution in [0.25, 0.3) is 0 Å². The molecule has 1 aromatic rings. The zero-order chi connectivity index (χ0) is 13.9. The van der Waals surface area contributed by atoms with Crippen LogP contribution in [0, 0.1) is 10.1 Å². The number of methoxy groups -OCH3 is 1. The van der Waals surface area contributed by atoms with E-state index in [0.717, 1.165) is 24.8 Å². The lowest BCUT2D eigenvalue weighted by Gasteiger charge is -2.41. The first-order valence-corrected chi connectivity index (χ1v) is 6.27. The zero-order valence-electron chi connectivity index (χ0n) is 10.9. The third kappa shape index (κ3) is 2.85. The van der Waals surface area contributed by atoms with Crippen LogP contribution < -0.4 is 10.1 Å². The topological polar surface area (TPSA) is 84.6 Å². The monoisotopic (exact) mass is 266 g/mol. The maximum atomic E-state index is 10.9. The number of aliphatic hydroxyl groups is 1. The van der Waals surface area contributed by atoms with E-state index >= 15 is 0 Å². The molecular formula is C13H18N2O4. The molecule has 6 nitrogen and oxygen atoms in total. The van der Waals surface area contributed by atoms with Gasteiger partial charge in [0.2, 0.25) is 0 Å². The molecule has 1 aliphatic carbocycles. The third-order valence-corrected chi connectivity index (χ3v) is 3.72. The molecule has 1 saturated carbocycles. The highest BCUT2D eigenvalue weighted by Crippen LogP contribution is 2.32. The molecule has 0 atom stereocenters. The van der Waals surface area contributed by atoms with E-state index in [4.69, 9.17) is 4.74 Å². The minimum atomic E-state index is -0.451. The van der Waals surface area contributed by atoms with Gasteiger partial charge >= 0.3 is 5.69 Å². The second-order valence-corrected chi connectivity index (χ2v) is 4.91. The number of nitrogens with zero attached hydrogens (tertiary/aromatic N) is 1. The molecule has 6 heteroatoms. The predicted molar refractivity (Wildman–Crippen MR) is 70.2 cm³/mol. The van der Waals surface area contributed by atoms with Crippen molar-refractivity contribution in [1.82, 2.24) is 5.32 Å². The van der Waals surface area contributed by atoms with Crippen LogP contribution in [0.4, 0.5) is 5.69 Å². The molecule has 2 N–H and O–H groups in total. The van der Waals surface area contributed by atoms with Crippen LogP contribution >= 0.6 is 0 Å². The zero-order valence-corrected chi connectivity index (χ0v) is 10.9. The van der Waals surface area contributed by atoms with Gasteiger partial charge in [-0.05, 0) is 30.9 Å². The Morgan fingerprint density at radius 1 is 1.53 bits per heavy atom. The molecule has 1 aliphatic rings. The molecule has 0 amide bonds. The molecule has 0 radical (unpaired) electrons. The molecule has 2 rings (SSSR count). The molecule has 0 aromatic heterocycles. The van der Waals surface area contributed by atoms with Gasteiger partial charge < -0.3 is 15.2 Å². The van der Waals surface area contributed by atoms with Gasteiger partial charge in [-0.1, -0.05) is 6.07 Å². The average Bonchev–Trinajstić information content (AvgIpc) is 2.37. The molecule has 0 bridgehead atoms. The van der Waals surface area contributed by atoms with E-state index in [2.05, 4.69) is 5.32 Å². The second kappa shape index (κ2) is 5.54.